The molecule has 33 heavy (non-hydrogen) atoms. The number of anilines is 2. The molecular weight excluding hydrogens is 471 g/mol. The van der Waals surface area contributed by atoms with Crippen LogP contribution in [0.4, 0.5) is 15.8 Å². The fourth-order valence-corrected chi connectivity index (χ4v) is 5.06. The maximum atomic E-state index is 13.1. The third-order valence-electron chi connectivity index (χ3n) is 4.36. The summed E-state index contributed by atoms with van der Waals surface area (Å²) in [7, 11) is -8.19. The molecule has 0 heterocycles. The molecule has 3 aromatic carbocycles. The van der Waals surface area contributed by atoms with Gasteiger partial charge in [-0.15, -0.1) is 0 Å². The zero-order chi connectivity index (χ0) is 24.1. The van der Waals surface area contributed by atoms with Crippen molar-refractivity contribution in [2.45, 2.75) is 23.6 Å². The lowest BCUT2D eigenvalue weighted by molar-refractivity contribution is 0.287. The van der Waals surface area contributed by atoms with Crippen LogP contribution in [0.3, 0.4) is 0 Å². The molecule has 8 nitrogen and oxygen atoms in total. The second kappa shape index (κ2) is 10.1. The number of ether oxygens (including phenoxy) is 2. The summed E-state index contributed by atoms with van der Waals surface area (Å²) < 4.78 is 80.2. The molecule has 0 spiro atoms. The first kappa shape index (κ1) is 24.3. The lowest BCUT2D eigenvalue weighted by Crippen LogP contribution is -2.17. The summed E-state index contributed by atoms with van der Waals surface area (Å²) in [6, 6.07) is 14.4. The van der Waals surface area contributed by atoms with Crippen molar-refractivity contribution in [3.63, 3.8) is 0 Å². The van der Waals surface area contributed by atoms with E-state index in [0.717, 1.165) is 24.3 Å². The molecule has 0 aliphatic heterocycles. The van der Waals surface area contributed by atoms with Gasteiger partial charge in [-0.2, -0.15) is 0 Å². The second-order valence-corrected chi connectivity index (χ2v) is 10.0. The molecule has 0 aliphatic rings. The minimum Gasteiger partial charge on any atom is -0.490 e. The van der Waals surface area contributed by atoms with Gasteiger partial charge in [-0.1, -0.05) is 12.1 Å². The van der Waals surface area contributed by atoms with Gasteiger partial charge in [0.1, 0.15) is 5.82 Å². The molecule has 0 bridgehead atoms. The first-order chi connectivity index (χ1) is 15.7. The van der Waals surface area contributed by atoms with E-state index in [1.54, 1.807) is 26.0 Å². The van der Waals surface area contributed by atoms with Gasteiger partial charge < -0.3 is 9.47 Å². The van der Waals surface area contributed by atoms with E-state index in [0.29, 0.717) is 19.0 Å². The van der Waals surface area contributed by atoms with Crippen molar-refractivity contribution in [3.05, 3.63) is 72.5 Å². The molecule has 0 saturated carbocycles. The van der Waals surface area contributed by atoms with Gasteiger partial charge in [-0.25, -0.2) is 21.2 Å². The smallest absolute Gasteiger partial charge is 0.262 e. The molecule has 2 N–H and O–H groups in total. The number of rotatable bonds is 10. The normalized spacial score (nSPS) is 11.6. The van der Waals surface area contributed by atoms with E-state index in [9.17, 15) is 21.2 Å². The summed E-state index contributed by atoms with van der Waals surface area (Å²) in [4.78, 5) is -0.264. The first-order valence-electron chi connectivity index (χ1n) is 9.96. The molecule has 11 heteroatoms. The number of sulfonamides is 2. The van der Waals surface area contributed by atoms with Gasteiger partial charge >= 0.3 is 0 Å². The fourth-order valence-electron chi connectivity index (χ4n) is 2.88. The van der Waals surface area contributed by atoms with Crippen molar-refractivity contribution in [1.82, 2.24) is 0 Å². The molecule has 0 saturated heterocycles. The van der Waals surface area contributed by atoms with E-state index in [1.807, 2.05) is 0 Å². The minimum absolute atomic E-state index is 0.00127. The van der Waals surface area contributed by atoms with Gasteiger partial charge in [0.15, 0.2) is 11.5 Å². The Bertz CT molecular complexity index is 1330. The van der Waals surface area contributed by atoms with Gasteiger partial charge in [0.05, 0.1) is 34.4 Å². The van der Waals surface area contributed by atoms with Crippen molar-refractivity contribution in [3.8, 4) is 11.5 Å². The maximum Gasteiger partial charge on any atom is 0.262 e. The van der Waals surface area contributed by atoms with Crippen LogP contribution >= 0.6 is 0 Å². The van der Waals surface area contributed by atoms with Crippen LogP contribution in [0.15, 0.2) is 76.5 Å². The number of para-hydroxylation sites is 2. The van der Waals surface area contributed by atoms with E-state index >= 15 is 0 Å². The van der Waals surface area contributed by atoms with Crippen LogP contribution in [0.25, 0.3) is 0 Å². The zero-order valence-electron chi connectivity index (χ0n) is 17.9. The summed E-state index contributed by atoms with van der Waals surface area (Å²) in [6.45, 7) is 4.25. The van der Waals surface area contributed by atoms with E-state index in [-0.39, 0.29) is 26.9 Å². The highest BCUT2D eigenvalue weighted by Crippen LogP contribution is 2.32. The fraction of sp³-hybridized carbons (Fsp3) is 0.182. The third-order valence-corrected chi connectivity index (χ3v) is 7.11. The summed E-state index contributed by atoms with van der Waals surface area (Å²) in [5, 5.41) is 0. The van der Waals surface area contributed by atoms with Crippen LogP contribution in [-0.2, 0) is 20.0 Å². The Balaban J connectivity index is 1.91. The Kier molecular flexibility index (Phi) is 7.44. The van der Waals surface area contributed by atoms with Crippen molar-refractivity contribution >= 4 is 31.4 Å². The van der Waals surface area contributed by atoms with Gasteiger partial charge in [0, 0.05) is 6.07 Å². The van der Waals surface area contributed by atoms with E-state index in [1.165, 1.54) is 30.3 Å². The van der Waals surface area contributed by atoms with Crippen LogP contribution < -0.4 is 18.9 Å². The molecule has 176 valence electrons. The number of hydrogen-bond donors (Lipinski definition) is 2. The van der Waals surface area contributed by atoms with Crippen LogP contribution in [0.5, 0.6) is 11.5 Å². The lowest BCUT2D eigenvalue weighted by Gasteiger charge is -2.16. The zero-order valence-corrected chi connectivity index (χ0v) is 19.5. The van der Waals surface area contributed by atoms with Gasteiger partial charge in [-0.05, 0) is 62.4 Å². The average molecular weight is 495 g/mol. The van der Waals surface area contributed by atoms with Crippen LogP contribution in [0.1, 0.15) is 13.8 Å². The average Bonchev–Trinajstić information content (AvgIpc) is 2.76. The topological polar surface area (TPSA) is 111 Å². The number of benzene rings is 3. The molecule has 0 aromatic heterocycles. The largest absolute Gasteiger partial charge is 0.490 e. The molecule has 0 atom stereocenters. The van der Waals surface area contributed by atoms with Gasteiger partial charge in [0.2, 0.25) is 0 Å². The standard InChI is InChI=1S/C22H23FN2O6S2/c1-3-30-21-14-13-18(15-22(21)31-4-2)33(28,29)25-20-8-6-5-7-19(20)24-32(26,27)17-11-9-16(23)10-12-17/h5-15,24-25H,3-4H2,1-2H3. The number of halogens is 1. The molecule has 3 aromatic rings. The highest BCUT2D eigenvalue weighted by Gasteiger charge is 2.21. The Hall–Kier alpha value is -3.31. The van der Waals surface area contributed by atoms with E-state index in [2.05, 4.69) is 9.44 Å². The van der Waals surface area contributed by atoms with E-state index in [4.69, 9.17) is 9.47 Å². The van der Waals surface area contributed by atoms with E-state index < -0.39 is 25.9 Å². The lowest BCUT2D eigenvalue weighted by atomic mass is 10.3. The quantitative estimate of drug-likeness (QED) is 0.437. The highest BCUT2D eigenvalue weighted by atomic mass is 32.2. The minimum atomic E-state index is -4.10. The van der Waals surface area contributed by atoms with Crippen molar-refractivity contribution < 1.29 is 30.7 Å². The Morgan fingerprint density at radius 3 is 1.73 bits per heavy atom. The summed E-state index contributed by atoms with van der Waals surface area (Å²) >= 11 is 0. The SMILES string of the molecule is CCOc1ccc(S(=O)(=O)Nc2ccccc2NS(=O)(=O)c2ccc(F)cc2)cc1OCC. The predicted molar refractivity (Wildman–Crippen MR) is 123 cm³/mol. The van der Waals surface area contributed by atoms with Gasteiger partial charge in [0.25, 0.3) is 20.0 Å². The summed E-state index contributed by atoms with van der Waals surface area (Å²) in [5.41, 5.74) is 0.0106. The molecule has 0 amide bonds. The molecular formula is C22H23FN2O6S2. The van der Waals surface area contributed by atoms with Crippen molar-refractivity contribution in [1.29, 1.82) is 0 Å². The Morgan fingerprint density at radius 1 is 0.697 bits per heavy atom. The van der Waals surface area contributed by atoms with Crippen LogP contribution in [-0.4, -0.2) is 30.0 Å². The maximum absolute atomic E-state index is 13.1. The Labute approximate surface area is 192 Å². The molecule has 0 aliphatic carbocycles. The molecule has 0 unspecified atom stereocenters. The van der Waals surface area contributed by atoms with Gasteiger partial charge in [-0.3, -0.25) is 9.44 Å². The molecule has 0 radical (unpaired) electrons. The highest BCUT2D eigenvalue weighted by molar-refractivity contribution is 7.93. The van der Waals surface area contributed by atoms with Crippen molar-refractivity contribution in [2.24, 2.45) is 0 Å². The monoisotopic (exact) mass is 494 g/mol. The van der Waals surface area contributed by atoms with Crippen molar-refractivity contribution in [2.75, 3.05) is 22.7 Å². The summed E-state index contributed by atoms with van der Waals surface area (Å²) in [6.07, 6.45) is 0. The molecule has 3 rings (SSSR count). The number of nitrogens with one attached hydrogen (secondary N) is 2. The second-order valence-electron chi connectivity index (χ2n) is 6.69. The van der Waals surface area contributed by atoms with Crippen LogP contribution in [0.2, 0.25) is 0 Å². The predicted octanol–water partition coefficient (Wildman–Crippen LogP) is 4.22. The first-order valence-corrected chi connectivity index (χ1v) is 12.9. The third kappa shape index (κ3) is 5.93. The Morgan fingerprint density at radius 2 is 1.18 bits per heavy atom. The summed E-state index contributed by atoms with van der Waals surface area (Å²) in [5.74, 6) is 0.0992. The molecule has 0 fully saturated rings. The number of hydrogen-bond acceptors (Lipinski definition) is 6. The van der Waals surface area contributed by atoms with Crippen LogP contribution in [0, 0.1) is 5.82 Å².